The minimum absolute atomic E-state index is 0.446. The molecule has 0 radical (unpaired) electrons. The van der Waals surface area contributed by atoms with E-state index in [-0.39, 0.29) is 0 Å². The lowest BCUT2D eigenvalue weighted by Gasteiger charge is -2.48. The second-order valence-corrected chi connectivity index (χ2v) is 7.29. The fourth-order valence-electron chi connectivity index (χ4n) is 3.38. The highest BCUT2D eigenvalue weighted by atomic mass is 32.1. The van der Waals surface area contributed by atoms with E-state index in [0.29, 0.717) is 18.2 Å². The molecule has 3 heterocycles. The van der Waals surface area contributed by atoms with Crippen molar-refractivity contribution in [3.05, 3.63) is 16.6 Å². The highest BCUT2D eigenvalue weighted by Gasteiger charge is 2.40. The maximum atomic E-state index is 6.13. The van der Waals surface area contributed by atoms with E-state index < -0.39 is 0 Å². The van der Waals surface area contributed by atoms with Crippen molar-refractivity contribution in [2.75, 3.05) is 19.8 Å². The van der Waals surface area contributed by atoms with Crippen LogP contribution in [0.5, 0.6) is 0 Å². The van der Waals surface area contributed by atoms with Crippen LogP contribution in [0.1, 0.15) is 30.7 Å². The number of rotatable bonds is 5. The monoisotopic (exact) mass is 294 g/mol. The van der Waals surface area contributed by atoms with E-state index in [2.05, 4.69) is 15.3 Å². The van der Waals surface area contributed by atoms with Crippen LogP contribution in [0.25, 0.3) is 0 Å². The third-order valence-corrected chi connectivity index (χ3v) is 5.46. The van der Waals surface area contributed by atoms with Crippen LogP contribution in [0.15, 0.2) is 11.6 Å². The van der Waals surface area contributed by atoms with E-state index in [4.69, 9.17) is 9.47 Å². The lowest BCUT2D eigenvalue weighted by molar-refractivity contribution is -0.123. The minimum atomic E-state index is 0.446. The molecule has 2 atom stereocenters. The number of hydrogen-bond acceptors (Lipinski definition) is 5. The van der Waals surface area contributed by atoms with Crippen molar-refractivity contribution in [3.8, 4) is 0 Å². The first kappa shape index (κ1) is 13.2. The van der Waals surface area contributed by atoms with Gasteiger partial charge in [-0.25, -0.2) is 4.98 Å². The molecule has 4 nitrogen and oxygen atoms in total. The predicted molar refractivity (Wildman–Crippen MR) is 77.8 cm³/mol. The summed E-state index contributed by atoms with van der Waals surface area (Å²) in [5, 5.41) is 3.28. The highest BCUT2D eigenvalue weighted by molar-refractivity contribution is 7.09. The molecule has 0 spiro atoms. The number of piperidine rings is 1. The van der Waals surface area contributed by atoms with Crippen LogP contribution in [0.2, 0.25) is 0 Å². The van der Waals surface area contributed by atoms with Crippen LogP contribution in [0.4, 0.5) is 0 Å². The number of morpholine rings is 1. The molecule has 1 aliphatic carbocycles. The Labute approximate surface area is 124 Å². The Balaban J connectivity index is 1.38. The summed E-state index contributed by atoms with van der Waals surface area (Å²) in [7, 11) is 0. The second kappa shape index (κ2) is 5.72. The van der Waals surface area contributed by atoms with Crippen molar-refractivity contribution in [2.45, 2.75) is 50.4 Å². The molecule has 0 N–H and O–H groups in total. The zero-order chi connectivity index (χ0) is 13.4. The van der Waals surface area contributed by atoms with Gasteiger partial charge in [0.05, 0.1) is 25.9 Å². The van der Waals surface area contributed by atoms with Crippen LogP contribution in [0.3, 0.4) is 0 Å². The number of thiazole rings is 1. The molecule has 1 saturated carbocycles. The molecule has 0 aromatic carbocycles. The van der Waals surface area contributed by atoms with E-state index >= 15 is 0 Å². The molecule has 2 aliphatic heterocycles. The van der Waals surface area contributed by atoms with Gasteiger partial charge in [-0.3, -0.25) is 4.90 Å². The van der Waals surface area contributed by atoms with Gasteiger partial charge in [0.2, 0.25) is 0 Å². The molecule has 2 unspecified atom stereocenters. The van der Waals surface area contributed by atoms with Gasteiger partial charge in [0.1, 0.15) is 5.01 Å². The first-order valence-electron chi connectivity index (χ1n) is 7.72. The van der Waals surface area contributed by atoms with Crippen molar-refractivity contribution in [1.29, 1.82) is 0 Å². The van der Waals surface area contributed by atoms with Gasteiger partial charge in [0.15, 0.2) is 0 Å². The standard InChI is InChI=1S/C15H22N2O2S/c1-2-11(1)8-19-14-5-12-9-18-10-13(6-14)17(12)7-15-16-3-4-20-15/h3-4,11-14H,1-2,5-10H2. The number of nitrogens with zero attached hydrogens (tertiary/aromatic N) is 2. The summed E-state index contributed by atoms with van der Waals surface area (Å²) in [6.07, 6.45) is 7.33. The number of fused-ring (bicyclic) bond motifs is 2. The Bertz CT molecular complexity index is 421. The normalized spacial score (nSPS) is 34.3. The zero-order valence-corrected chi connectivity index (χ0v) is 12.6. The Morgan fingerprint density at radius 1 is 1.30 bits per heavy atom. The molecule has 1 aromatic heterocycles. The minimum Gasteiger partial charge on any atom is -0.378 e. The first-order chi connectivity index (χ1) is 9.88. The molecular weight excluding hydrogens is 272 g/mol. The quantitative estimate of drug-likeness (QED) is 0.834. The summed E-state index contributed by atoms with van der Waals surface area (Å²) in [5.74, 6) is 0.861. The zero-order valence-electron chi connectivity index (χ0n) is 11.7. The number of hydrogen-bond donors (Lipinski definition) is 0. The predicted octanol–water partition coefficient (Wildman–Crippen LogP) is 2.30. The summed E-state index contributed by atoms with van der Waals surface area (Å²) < 4.78 is 11.9. The van der Waals surface area contributed by atoms with Gasteiger partial charge in [-0.15, -0.1) is 11.3 Å². The van der Waals surface area contributed by atoms with Crippen LogP contribution in [0, 0.1) is 5.92 Å². The molecule has 5 heteroatoms. The summed E-state index contributed by atoms with van der Waals surface area (Å²) >= 11 is 1.75. The van der Waals surface area contributed by atoms with E-state index in [9.17, 15) is 0 Å². The summed E-state index contributed by atoms with van der Waals surface area (Å²) in [4.78, 5) is 7.03. The average molecular weight is 294 g/mol. The van der Waals surface area contributed by atoms with Gasteiger partial charge in [-0.05, 0) is 31.6 Å². The molecule has 1 aromatic rings. The number of ether oxygens (including phenoxy) is 2. The Morgan fingerprint density at radius 2 is 2.10 bits per heavy atom. The van der Waals surface area contributed by atoms with Crippen molar-refractivity contribution in [2.24, 2.45) is 5.92 Å². The van der Waals surface area contributed by atoms with Crippen LogP contribution in [-0.2, 0) is 16.0 Å². The van der Waals surface area contributed by atoms with Crippen molar-refractivity contribution >= 4 is 11.3 Å². The summed E-state index contributed by atoms with van der Waals surface area (Å²) in [6.45, 7) is 3.67. The van der Waals surface area contributed by atoms with E-state index in [0.717, 1.165) is 45.1 Å². The van der Waals surface area contributed by atoms with Crippen molar-refractivity contribution in [1.82, 2.24) is 9.88 Å². The van der Waals surface area contributed by atoms with Gasteiger partial charge < -0.3 is 9.47 Å². The van der Waals surface area contributed by atoms with Gasteiger partial charge in [0.25, 0.3) is 0 Å². The summed E-state index contributed by atoms with van der Waals surface area (Å²) in [5.41, 5.74) is 0. The van der Waals surface area contributed by atoms with Crippen molar-refractivity contribution < 1.29 is 9.47 Å². The third kappa shape index (κ3) is 2.91. The highest BCUT2D eigenvalue weighted by Crippen LogP contribution is 2.34. The lowest BCUT2D eigenvalue weighted by Crippen LogP contribution is -2.57. The van der Waals surface area contributed by atoms with Gasteiger partial charge in [0, 0.05) is 30.3 Å². The molecule has 4 rings (SSSR count). The molecule has 3 fully saturated rings. The van der Waals surface area contributed by atoms with Gasteiger partial charge in [-0.1, -0.05) is 0 Å². The lowest BCUT2D eigenvalue weighted by atomic mass is 9.92. The average Bonchev–Trinajstić information content (AvgIpc) is 3.13. The largest absolute Gasteiger partial charge is 0.378 e. The summed E-state index contributed by atoms with van der Waals surface area (Å²) in [6, 6.07) is 1.02. The maximum absolute atomic E-state index is 6.13. The smallest absolute Gasteiger partial charge is 0.107 e. The molecule has 0 amide bonds. The van der Waals surface area contributed by atoms with Gasteiger partial charge in [-0.2, -0.15) is 0 Å². The van der Waals surface area contributed by atoms with E-state index in [1.165, 1.54) is 17.8 Å². The first-order valence-corrected chi connectivity index (χ1v) is 8.60. The third-order valence-electron chi connectivity index (χ3n) is 4.69. The molecule has 20 heavy (non-hydrogen) atoms. The van der Waals surface area contributed by atoms with E-state index in [1.54, 1.807) is 11.3 Å². The topological polar surface area (TPSA) is 34.6 Å². The van der Waals surface area contributed by atoms with Crippen molar-refractivity contribution in [3.63, 3.8) is 0 Å². The Morgan fingerprint density at radius 3 is 2.75 bits per heavy atom. The van der Waals surface area contributed by atoms with Crippen LogP contribution < -0.4 is 0 Å². The second-order valence-electron chi connectivity index (χ2n) is 6.31. The maximum Gasteiger partial charge on any atom is 0.107 e. The fraction of sp³-hybridized carbons (Fsp3) is 0.800. The van der Waals surface area contributed by atoms with Crippen LogP contribution in [-0.4, -0.2) is 47.9 Å². The van der Waals surface area contributed by atoms with E-state index in [1.807, 2.05) is 6.20 Å². The Hall–Kier alpha value is -0.490. The molecule has 110 valence electrons. The molecule has 3 aliphatic rings. The van der Waals surface area contributed by atoms with Crippen LogP contribution >= 0.6 is 11.3 Å². The SMILES string of the molecule is c1csc(CN2C3COCC2CC(OCC2CC2)C3)n1. The molecule has 2 saturated heterocycles. The molecular formula is C15H22N2O2S. The Kier molecular flexibility index (Phi) is 3.77. The molecule has 2 bridgehead atoms. The fourth-order valence-corrected chi connectivity index (χ4v) is 4.00. The number of aromatic nitrogens is 1. The van der Waals surface area contributed by atoms with Gasteiger partial charge >= 0.3 is 0 Å².